The van der Waals surface area contributed by atoms with Crippen molar-refractivity contribution in [2.24, 2.45) is 0 Å². The largest absolute Gasteiger partial charge is 0.494 e. The Morgan fingerprint density at radius 3 is 1.80 bits per heavy atom. The molecule has 0 fully saturated rings. The molecule has 0 aliphatic heterocycles. The molecule has 0 amide bonds. The normalized spacial score (nSPS) is 10.8. The van der Waals surface area contributed by atoms with E-state index in [9.17, 15) is 0 Å². The van der Waals surface area contributed by atoms with Crippen molar-refractivity contribution < 1.29 is 23.7 Å². The molecule has 2 N–H and O–H groups in total. The monoisotopic (exact) mass is 592 g/mol. The van der Waals surface area contributed by atoms with E-state index in [-0.39, 0.29) is 0 Å². The smallest absolute Gasteiger partial charge is 0.233 e. The highest BCUT2D eigenvalue weighted by Crippen LogP contribution is 2.36. The van der Waals surface area contributed by atoms with Crippen LogP contribution in [0, 0.1) is 0 Å². The number of methoxy groups -OCH3 is 4. The van der Waals surface area contributed by atoms with Crippen molar-refractivity contribution in [1.29, 1.82) is 0 Å². The fourth-order valence-electron chi connectivity index (χ4n) is 3.86. The van der Waals surface area contributed by atoms with Gasteiger partial charge in [0.25, 0.3) is 0 Å². The van der Waals surface area contributed by atoms with E-state index >= 15 is 0 Å². The number of benzene rings is 3. The van der Waals surface area contributed by atoms with E-state index in [0.717, 1.165) is 20.3 Å². The van der Waals surface area contributed by atoms with Crippen molar-refractivity contribution in [3.63, 3.8) is 0 Å². The molecule has 0 aliphatic rings. The lowest BCUT2D eigenvalue weighted by Crippen LogP contribution is -2.05. The Morgan fingerprint density at radius 1 is 0.683 bits per heavy atom. The summed E-state index contributed by atoms with van der Waals surface area (Å²) in [6.07, 6.45) is 0. The van der Waals surface area contributed by atoms with Crippen LogP contribution >= 0.6 is 23.1 Å². The average molecular weight is 593 g/mol. The van der Waals surface area contributed by atoms with Crippen LogP contribution in [0.15, 0.2) is 64.1 Å². The van der Waals surface area contributed by atoms with Gasteiger partial charge in [-0.3, -0.25) is 0 Å². The Bertz CT molecular complexity index is 1590. The molecule has 13 heteroatoms. The minimum absolute atomic E-state index is 0.331. The van der Waals surface area contributed by atoms with Gasteiger partial charge >= 0.3 is 0 Å². The molecule has 2 heterocycles. The van der Waals surface area contributed by atoms with Gasteiger partial charge in [0.05, 0.1) is 45.3 Å². The summed E-state index contributed by atoms with van der Waals surface area (Å²) < 4.78 is 29.0. The summed E-state index contributed by atoms with van der Waals surface area (Å²) in [6.45, 7) is 2.56. The van der Waals surface area contributed by atoms with Crippen LogP contribution in [-0.2, 0) is 0 Å². The first-order valence-electron chi connectivity index (χ1n) is 12.5. The van der Waals surface area contributed by atoms with E-state index in [1.54, 1.807) is 52.7 Å². The fourth-order valence-corrected chi connectivity index (χ4v) is 5.81. The second-order valence-electron chi connectivity index (χ2n) is 8.30. The van der Waals surface area contributed by atoms with Crippen LogP contribution in [0.25, 0.3) is 10.2 Å². The van der Waals surface area contributed by atoms with E-state index in [1.807, 2.05) is 37.3 Å². The molecule has 41 heavy (non-hydrogen) atoms. The van der Waals surface area contributed by atoms with E-state index in [4.69, 9.17) is 28.7 Å². The maximum absolute atomic E-state index is 5.64. The summed E-state index contributed by atoms with van der Waals surface area (Å²) in [6, 6.07) is 16.8. The van der Waals surface area contributed by atoms with Gasteiger partial charge in [0.1, 0.15) is 5.75 Å². The number of nitrogens with zero attached hydrogens (tertiary/aromatic N) is 4. The SMILES string of the molecule is CCOc1ccc2nc(Sc3nc(Nc4ccc(OC)c(OC)c4)nc(Nc4ccc(OC)c(OC)c4)n3)sc2c1. The van der Waals surface area contributed by atoms with Gasteiger partial charge in [0, 0.05) is 23.5 Å². The molecule has 5 rings (SSSR count). The molecule has 0 unspecified atom stereocenters. The fraction of sp³-hybridized carbons (Fsp3) is 0.214. The Labute approximate surface area is 245 Å². The molecule has 212 valence electrons. The molecule has 0 saturated carbocycles. The second-order valence-corrected chi connectivity index (χ2v) is 10.5. The van der Waals surface area contributed by atoms with Crippen molar-refractivity contribution >= 4 is 56.6 Å². The van der Waals surface area contributed by atoms with Crippen molar-refractivity contribution in [2.45, 2.75) is 16.4 Å². The van der Waals surface area contributed by atoms with Crippen LogP contribution < -0.4 is 34.3 Å². The molecular weight excluding hydrogens is 564 g/mol. The zero-order valence-corrected chi connectivity index (χ0v) is 24.7. The van der Waals surface area contributed by atoms with Gasteiger partial charge in [-0.15, -0.1) is 11.3 Å². The molecule has 3 aromatic carbocycles. The van der Waals surface area contributed by atoms with Crippen molar-refractivity contribution in [2.75, 3.05) is 45.7 Å². The summed E-state index contributed by atoms with van der Waals surface area (Å²) >= 11 is 2.88. The van der Waals surface area contributed by atoms with Gasteiger partial charge in [-0.2, -0.15) is 15.0 Å². The minimum atomic E-state index is 0.331. The maximum atomic E-state index is 5.64. The number of aromatic nitrogens is 4. The average Bonchev–Trinajstić information content (AvgIpc) is 3.38. The maximum Gasteiger partial charge on any atom is 0.233 e. The number of hydrogen-bond acceptors (Lipinski definition) is 13. The molecule has 0 atom stereocenters. The first-order chi connectivity index (χ1) is 20.0. The number of nitrogens with one attached hydrogen (secondary N) is 2. The molecule has 11 nitrogen and oxygen atoms in total. The van der Waals surface area contributed by atoms with Gasteiger partial charge in [0.2, 0.25) is 17.1 Å². The topological polar surface area (TPSA) is 122 Å². The third-order valence-corrected chi connectivity index (χ3v) is 7.67. The highest BCUT2D eigenvalue weighted by atomic mass is 32.2. The van der Waals surface area contributed by atoms with E-state index in [1.165, 1.54) is 23.1 Å². The van der Waals surface area contributed by atoms with Gasteiger partial charge in [-0.25, -0.2) is 4.98 Å². The van der Waals surface area contributed by atoms with Gasteiger partial charge in [-0.1, -0.05) is 0 Å². The van der Waals surface area contributed by atoms with Crippen molar-refractivity contribution in [1.82, 2.24) is 19.9 Å². The van der Waals surface area contributed by atoms with Gasteiger partial charge in [-0.05, 0) is 61.2 Å². The molecular formula is C28H28N6O5S2. The number of thiazole rings is 1. The van der Waals surface area contributed by atoms with E-state index in [2.05, 4.69) is 25.6 Å². The number of ether oxygens (including phenoxy) is 5. The molecule has 5 aromatic rings. The first-order valence-corrected chi connectivity index (χ1v) is 14.1. The molecule has 0 saturated heterocycles. The quantitative estimate of drug-likeness (QED) is 0.163. The highest BCUT2D eigenvalue weighted by Gasteiger charge is 2.15. The lowest BCUT2D eigenvalue weighted by molar-refractivity contribution is 0.341. The van der Waals surface area contributed by atoms with E-state index in [0.29, 0.717) is 58.0 Å². The van der Waals surface area contributed by atoms with Crippen LogP contribution in [0.5, 0.6) is 28.7 Å². The first kappa shape index (κ1) is 28.1. The van der Waals surface area contributed by atoms with E-state index < -0.39 is 0 Å². The molecule has 0 radical (unpaired) electrons. The second kappa shape index (κ2) is 12.8. The third-order valence-electron chi connectivity index (χ3n) is 5.72. The lowest BCUT2D eigenvalue weighted by atomic mass is 10.2. The van der Waals surface area contributed by atoms with Crippen LogP contribution in [-0.4, -0.2) is 55.0 Å². The zero-order chi connectivity index (χ0) is 28.8. The van der Waals surface area contributed by atoms with Crippen LogP contribution in [0.3, 0.4) is 0 Å². The van der Waals surface area contributed by atoms with Gasteiger partial charge in [0.15, 0.2) is 27.3 Å². The summed E-state index contributed by atoms with van der Waals surface area (Å²) in [5.74, 6) is 3.85. The Morgan fingerprint density at radius 2 is 1.27 bits per heavy atom. The number of rotatable bonds is 12. The Kier molecular flexibility index (Phi) is 8.75. The minimum Gasteiger partial charge on any atom is -0.494 e. The Balaban J connectivity index is 1.48. The zero-order valence-electron chi connectivity index (χ0n) is 23.0. The number of hydrogen-bond donors (Lipinski definition) is 2. The third kappa shape index (κ3) is 6.64. The number of fused-ring (bicyclic) bond motifs is 1. The Hall–Kier alpha value is -4.49. The van der Waals surface area contributed by atoms with Crippen LogP contribution in [0.4, 0.5) is 23.3 Å². The molecule has 0 bridgehead atoms. The van der Waals surface area contributed by atoms with Crippen LogP contribution in [0.1, 0.15) is 6.92 Å². The van der Waals surface area contributed by atoms with Crippen molar-refractivity contribution in [3.8, 4) is 28.7 Å². The summed E-state index contributed by atoms with van der Waals surface area (Å²) in [5.41, 5.74) is 2.30. The molecule has 0 aliphatic carbocycles. The summed E-state index contributed by atoms with van der Waals surface area (Å²) in [5, 5.41) is 6.94. The summed E-state index contributed by atoms with van der Waals surface area (Å²) in [4.78, 5) is 18.7. The summed E-state index contributed by atoms with van der Waals surface area (Å²) in [7, 11) is 6.35. The number of anilines is 4. The predicted octanol–water partition coefficient (Wildman–Crippen LogP) is 6.55. The lowest BCUT2D eigenvalue weighted by Gasteiger charge is -2.13. The van der Waals surface area contributed by atoms with Crippen molar-refractivity contribution in [3.05, 3.63) is 54.6 Å². The predicted molar refractivity (Wildman–Crippen MR) is 160 cm³/mol. The molecule has 2 aromatic heterocycles. The van der Waals surface area contributed by atoms with Crippen LogP contribution in [0.2, 0.25) is 0 Å². The van der Waals surface area contributed by atoms with Gasteiger partial charge < -0.3 is 34.3 Å². The molecule has 0 spiro atoms. The highest BCUT2D eigenvalue weighted by molar-refractivity contribution is 8.01. The standard InChI is InChI=1S/C28H28N6O5S2/c1-6-39-18-9-10-19-24(15-18)40-28(31-19)41-27-33-25(29-16-7-11-20(35-2)22(13-16)37-4)32-26(34-27)30-17-8-12-21(36-3)23(14-17)38-5/h7-15H,6H2,1-5H3,(H2,29,30,32,33,34).